The first kappa shape index (κ1) is 24.3. The molecular formula is C25H20F3N5O3. The Morgan fingerprint density at radius 3 is 2.31 bits per heavy atom. The van der Waals surface area contributed by atoms with Crippen LogP contribution in [0.15, 0.2) is 85.2 Å². The summed E-state index contributed by atoms with van der Waals surface area (Å²) in [5, 5.41) is 12.0. The van der Waals surface area contributed by atoms with Crippen LogP contribution in [0.2, 0.25) is 0 Å². The molecule has 0 unspecified atom stereocenters. The molecule has 0 spiro atoms. The Labute approximate surface area is 203 Å². The summed E-state index contributed by atoms with van der Waals surface area (Å²) in [5.41, 5.74) is 1.17. The number of alkyl halides is 3. The summed E-state index contributed by atoms with van der Waals surface area (Å²) >= 11 is 0. The summed E-state index contributed by atoms with van der Waals surface area (Å²) in [6.07, 6.45) is -1.32. The lowest BCUT2D eigenvalue weighted by Crippen LogP contribution is -2.20. The van der Waals surface area contributed by atoms with Crippen LogP contribution in [0.5, 0.6) is 5.75 Å². The van der Waals surface area contributed by atoms with Crippen molar-refractivity contribution in [2.75, 3.05) is 23.1 Å². The summed E-state index contributed by atoms with van der Waals surface area (Å²) in [7, 11) is 1.56. The summed E-state index contributed by atoms with van der Waals surface area (Å²) in [6.45, 7) is 0. The van der Waals surface area contributed by atoms with Gasteiger partial charge in [0, 0.05) is 23.0 Å². The maximum Gasteiger partial charge on any atom is 0.416 e. The van der Waals surface area contributed by atoms with Crippen LogP contribution in [-0.4, -0.2) is 28.8 Å². The fourth-order valence-corrected chi connectivity index (χ4v) is 3.26. The lowest BCUT2D eigenvalue weighted by Gasteiger charge is -2.10. The van der Waals surface area contributed by atoms with Gasteiger partial charge < -0.3 is 20.7 Å². The first-order chi connectivity index (χ1) is 17.2. The molecule has 8 nitrogen and oxygen atoms in total. The van der Waals surface area contributed by atoms with Gasteiger partial charge in [0.05, 0.1) is 36.4 Å². The molecule has 0 aliphatic carbocycles. The highest BCUT2D eigenvalue weighted by molar-refractivity contribution is 6.06. The van der Waals surface area contributed by atoms with Crippen LogP contribution in [0, 0.1) is 0 Å². The molecule has 4 rings (SSSR count). The van der Waals surface area contributed by atoms with Gasteiger partial charge >= 0.3 is 12.2 Å². The van der Waals surface area contributed by atoms with Gasteiger partial charge in [-0.3, -0.25) is 4.79 Å². The zero-order valence-electron chi connectivity index (χ0n) is 18.8. The molecule has 184 valence electrons. The van der Waals surface area contributed by atoms with Crippen molar-refractivity contribution >= 4 is 29.0 Å². The van der Waals surface area contributed by atoms with E-state index in [1.807, 2.05) is 12.1 Å². The third-order valence-electron chi connectivity index (χ3n) is 5.01. The number of hydrogen-bond donors (Lipinski definition) is 3. The highest BCUT2D eigenvalue weighted by atomic mass is 19.4. The first-order valence-electron chi connectivity index (χ1n) is 10.6. The van der Waals surface area contributed by atoms with E-state index in [4.69, 9.17) is 4.74 Å². The number of urea groups is 1. The highest BCUT2D eigenvalue weighted by Gasteiger charge is 2.30. The number of halogens is 3. The average molecular weight is 495 g/mol. The summed E-state index contributed by atoms with van der Waals surface area (Å²) in [4.78, 5) is 25.0. The smallest absolute Gasteiger partial charge is 0.416 e. The van der Waals surface area contributed by atoms with Crippen molar-refractivity contribution in [2.45, 2.75) is 6.18 Å². The fraction of sp³-hybridized carbons (Fsp3) is 0.0800. The van der Waals surface area contributed by atoms with Crippen molar-refractivity contribution in [3.05, 3.63) is 96.3 Å². The molecule has 0 aliphatic rings. The van der Waals surface area contributed by atoms with Crippen LogP contribution >= 0.6 is 0 Å². The normalized spacial score (nSPS) is 11.0. The molecule has 36 heavy (non-hydrogen) atoms. The van der Waals surface area contributed by atoms with Crippen molar-refractivity contribution in [3.63, 3.8) is 0 Å². The van der Waals surface area contributed by atoms with E-state index < -0.39 is 23.7 Å². The molecule has 4 aromatic rings. The molecule has 3 aromatic carbocycles. The number of carbonyl (C=O) groups excluding carboxylic acids is 2. The van der Waals surface area contributed by atoms with Gasteiger partial charge in [0.15, 0.2) is 0 Å². The van der Waals surface area contributed by atoms with Gasteiger partial charge in [-0.25, -0.2) is 9.48 Å². The summed E-state index contributed by atoms with van der Waals surface area (Å²) in [6, 6.07) is 16.8. The van der Waals surface area contributed by atoms with Gasteiger partial charge in [0.25, 0.3) is 5.91 Å². The Bertz CT molecular complexity index is 1380. The largest absolute Gasteiger partial charge is 0.497 e. The molecule has 3 amide bonds. The Hall–Kier alpha value is -4.80. The van der Waals surface area contributed by atoms with Crippen LogP contribution in [0.4, 0.5) is 35.0 Å². The van der Waals surface area contributed by atoms with Gasteiger partial charge in [-0.2, -0.15) is 18.3 Å². The van der Waals surface area contributed by atoms with Crippen LogP contribution < -0.4 is 20.7 Å². The highest BCUT2D eigenvalue weighted by Crippen LogP contribution is 2.29. The maximum absolute atomic E-state index is 12.7. The number of nitrogens with zero attached hydrogens (tertiary/aromatic N) is 2. The SMILES string of the molecule is COc1cccc(-n2cc(NC(=O)c3cccc(NC(=O)Nc4ccc(C(F)(F)F)cc4)c3)cn2)c1. The Kier molecular flexibility index (Phi) is 6.91. The van der Waals surface area contributed by atoms with Crippen molar-refractivity contribution in [3.8, 4) is 11.4 Å². The molecular weight excluding hydrogens is 475 g/mol. The minimum absolute atomic E-state index is 0.183. The van der Waals surface area contributed by atoms with Crippen LogP contribution in [0.25, 0.3) is 5.69 Å². The van der Waals surface area contributed by atoms with E-state index in [0.717, 1.165) is 30.0 Å². The lowest BCUT2D eigenvalue weighted by molar-refractivity contribution is -0.137. The molecule has 0 aliphatic heterocycles. The molecule has 1 aromatic heterocycles. The van der Waals surface area contributed by atoms with E-state index in [9.17, 15) is 22.8 Å². The second-order valence-corrected chi connectivity index (χ2v) is 7.56. The summed E-state index contributed by atoms with van der Waals surface area (Å²) in [5.74, 6) is 0.243. The second kappa shape index (κ2) is 10.2. The lowest BCUT2D eigenvalue weighted by atomic mass is 10.2. The van der Waals surface area contributed by atoms with E-state index in [1.165, 1.54) is 12.3 Å². The van der Waals surface area contributed by atoms with Crippen LogP contribution in [0.1, 0.15) is 15.9 Å². The number of amides is 3. The summed E-state index contributed by atoms with van der Waals surface area (Å²) < 4.78 is 44.8. The minimum atomic E-state index is -4.46. The second-order valence-electron chi connectivity index (χ2n) is 7.56. The van der Waals surface area contributed by atoms with Gasteiger partial charge in [-0.1, -0.05) is 12.1 Å². The number of anilines is 3. The Morgan fingerprint density at radius 2 is 1.58 bits per heavy atom. The number of nitrogens with one attached hydrogen (secondary N) is 3. The number of carbonyl (C=O) groups is 2. The molecule has 0 fully saturated rings. The van der Waals surface area contributed by atoms with Crippen LogP contribution in [-0.2, 0) is 6.18 Å². The van der Waals surface area contributed by atoms with E-state index in [0.29, 0.717) is 17.1 Å². The van der Waals surface area contributed by atoms with Crippen molar-refractivity contribution < 1.29 is 27.5 Å². The standard InChI is InChI=1S/C25H20F3N5O3/c1-36-22-7-3-6-21(13-22)33-15-20(14-29-33)30-23(34)16-4-2-5-19(12-16)32-24(35)31-18-10-8-17(9-11-18)25(26,27)28/h2-15H,1H3,(H,30,34)(H2,31,32,35). The van der Waals surface area contributed by atoms with Crippen molar-refractivity contribution in [2.24, 2.45) is 0 Å². The van der Waals surface area contributed by atoms with Gasteiger partial charge in [0.1, 0.15) is 5.75 Å². The molecule has 3 N–H and O–H groups in total. The zero-order chi connectivity index (χ0) is 25.7. The maximum atomic E-state index is 12.7. The Morgan fingerprint density at radius 1 is 0.861 bits per heavy atom. The molecule has 0 bridgehead atoms. The number of aromatic nitrogens is 2. The van der Waals surface area contributed by atoms with E-state index in [1.54, 1.807) is 48.3 Å². The van der Waals surface area contributed by atoms with Crippen molar-refractivity contribution in [1.29, 1.82) is 0 Å². The molecule has 11 heteroatoms. The third kappa shape index (κ3) is 6.00. The topological polar surface area (TPSA) is 97.3 Å². The number of hydrogen-bond acceptors (Lipinski definition) is 4. The Balaban J connectivity index is 1.38. The molecule has 1 heterocycles. The van der Waals surface area contributed by atoms with Crippen molar-refractivity contribution in [1.82, 2.24) is 9.78 Å². The predicted molar refractivity (Wildman–Crippen MR) is 129 cm³/mol. The van der Waals surface area contributed by atoms with Gasteiger partial charge in [0.2, 0.25) is 0 Å². The predicted octanol–water partition coefficient (Wildman–Crippen LogP) is 5.80. The number of rotatable bonds is 6. The van der Waals surface area contributed by atoms with Gasteiger partial charge in [-0.15, -0.1) is 0 Å². The zero-order valence-corrected chi connectivity index (χ0v) is 18.8. The third-order valence-corrected chi connectivity index (χ3v) is 5.01. The van der Waals surface area contributed by atoms with E-state index in [-0.39, 0.29) is 11.3 Å². The molecule has 0 saturated heterocycles. The quantitative estimate of drug-likeness (QED) is 0.315. The monoisotopic (exact) mass is 495 g/mol. The number of ether oxygens (including phenoxy) is 1. The van der Waals surface area contributed by atoms with Crippen LogP contribution in [0.3, 0.4) is 0 Å². The number of methoxy groups -OCH3 is 1. The fourth-order valence-electron chi connectivity index (χ4n) is 3.26. The minimum Gasteiger partial charge on any atom is -0.497 e. The number of benzene rings is 3. The molecule has 0 radical (unpaired) electrons. The average Bonchev–Trinajstić information content (AvgIpc) is 3.32. The molecule has 0 atom stereocenters. The van der Waals surface area contributed by atoms with E-state index in [2.05, 4.69) is 21.0 Å². The van der Waals surface area contributed by atoms with E-state index >= 15 is 0 Å². The first-order valence-corrected chi connectivity index (χ1v) is 10.6. The van der Waals surface area contributed by atoms with Gasteiger partial charge in [-0.05, 0) is 54.6 Å². The molecule has 0 saturated carbocycles.